The molecule has 0 aliphatic carbocycles. The molecule has 0 fully saturated rings. The molecule has 0 bridgehead atoms. The van der Waals surface area contributed by atoms with Gasteiger partial charge >= 0.3 is 11.9 Å². The molecule has 0 spiro atoms. The topological polar surface area (TPSA) is 104 Å². The van der Waals surface area contributed by atoms with Gasteiger partial charge in [-0.2, -0.15) is 0 Å². The van der Waals surface area contributed by atoms with Gasteiger partial charge in [0.15, 0.2) is 5.15 Å². The first-order valence-corrected chi connectivity index (χ1v) is 15.2. The number of carbonyl (C=O) groups is 3. The summed E-state index contributed by atoms with van der Waals surface area (Å²) in [5.41, 5.74) is 4.31. The largest absolute Gasteiger partial charge is 0.469 e. The average molecular weight is 619 g/mol. The minimum Gasteiger partial charge on any atom is -0.469 e. The van der Waals surface area contributed by atoms with Gasteiger partial charge in [-0.25, -0.2) is 9.78 Å². The molecule has 0 saturated carbocycles. The summed E-state index contributed by atoms with van der Waals surface area (Å²) in [5, 5.41) is 3.36. The molecule has 232 valence electrons. The Balaban J connectivity index is 1.56. The van der Waals surface area contributed by atoms with E-state index in [4.69, 9.17) is 21.1 Å². The summed E-state index contributed by atoms with van der Waals surface area (Å²) < 4.78 is 13.9. The average Bonchev–Trinajstić information content (AvgIpc) is 3.54. The summed E-state index contributed by atoms with van der Waals surface area (Å²) in [6.07, 6.45) is 4.92. The van der Waals surface area contributed by atoms with Crippen LogP contribution in [0.15, 0.2) is 66.9 Å². The normalized spacial score (nSPS) is 11.7. The number of hydrogen-bond acceptors (Lipinski definition) is 6. The summed E-state index contributed by atoms with van der Waals surface area (Å²) >= 11 is 6.45. The lowest BCUT2D eigenvalue weighted by atomic mass is 10.0. The Bertz CT molecular complexity index is 1580. The van der Waals surface area contributed by atoms with Crippen molar-refractivity contribution in [3.05, 3.63) is 106 Å². The third-order valence-electron chi connectivity index (χ3n) is 7.54. The monoisotopic (exact) mass is 618 g/mol. The molecule has 2 aromatic heterocycles. The fourth-order valence-corrected chi connectivity index (χ4v) is 5.41. The third kappa shape index (κ3) is 7.96. The fraction of sp³-hybridized carbons (Fsp3) is 0.353. The van der Waals surface area contributed by atoms with E-state index in [0.29, 0.717) is 40.8 Å². The summed E-state index contributed by atoms with van der Waals surface area (Å²) in [5.74, 6) is -0.184. The first kappa shape index (κ1) is 32.5. The van der Waals surface area contributed by atoms with E-state index in [0.717, 1.165) is 36.2 Å². The number of esters is 2. The lowest BCUT2D eigenvalue weighted by molar-refractivity contribution is -0.139. The molecule has 1 atom stereocenters. The van der Waals surface area contributed by atoms with Crippen molar-refractivity contribution >= 4 is 35.1 Å². The number of hydrogen-bond donors (Lipinski definition) is 1. The van der Waals surface area contributed by atoms with Crippen molar-refractivity contribution in [3.63, 3.8) is 0 Å². The molecule has 44 heavy (non-hydrogen) atoms. The highest BCUT2D eigenvalue weighted by molar-refractivity contribution is 6.30. The van der Waals surface area contributed by atoms with Crippen LogP contribution in [0.3, 0.4) is 0 Å². The second-order valence-corrected chi connectivity index (χ2v) is 10.9. The van der Waals surface area contributed by atoms with E-state index in [1.165, 1.54) is 7.11 Å². The van der Waals surface area contributed by atoms with Crippen LogP contribution in [-0.2, 0) is 44.9 Å². The first-order chi connectivity index (χ1) is 21.2. The first-order valence-electron chi connectivity index (χ1n) is 14.8. The minimum absolute atomic E-state index is 0.0299. The van der Waals surface area contributed by atoms with E-state index in [9.17, 15) is 14.4 Å². The van der Waals surface area contributed by atoms with Gasteiger partial charge in [-0.3, -0.25) is 9.59 Å². The quantitative estimate of drug-likeness (QED) is 0.165. The van der Waals surface area contributed by atoms with Crippen molar-refractivity contribution < 1.29 is 23.9 Å². The van der Waals surface area contributed by atoms with Gasteiger partial charge < -0.3 is 23.9 Å². The Morgan fingerprint density at radius 2 is 1.73 bits per heavy atom. The van der Waals surface area contributed by atoms with Gasteiger partial charge in [-0.15, -0.1) is 0 Å². The predicted molar refractivity (Wildman–Crippen MR) is 170 cm³/mol. The maximum absolute atomic E-state index is 13.8. The number of unbranched alkanes of at least 4 members (excludes halogenated alkanes) is 1. The fourth-order valence-electron chi connectivity index (χ4n) is 5.14. The molecule has 4 aromatic rings. The molecular weight excluding hydrogens is 580 g/mol. The van der Waals surface area contributed by atoms with Gasteiger partial charge in [0, 0.05) is 37.0 Å². The molecule has 1 N–H and O–H groups in total. The van der Waals surface area contributed by atoms with Crippen LogP contribution in [0.5, 0.6) is 0 Å². The Morgan fingerprint density at radius 3 is 2.39 bits per heavy atom. The second kappa shape index (κ2) is 15.4. The highest BCUT2D eigenvalue weighted by Gasteiger charge is 2.25. The Morgan fingerprint density at radius 1 is 1.00 bits per heavy atom. The number of carbonyl (C=O) groups excluding carboxylic acids is 3. The van der Waals surface area contributed by atoms with Crippen molar-refractivity contribution in [1.29, 1.82) is 0 Å². The highest BCUT2D eigenvalue weighted by atomic mass is 35.5. The summed E-state index contributed by atoms with van der Waals surface area (Å²) in [6, 6.07) is 18.4. The van der Waals surface area contributed by atoms with Gasteiger partial charge in [0.1, 0.15) is 11.9 Å². The maximum atomic E-state index is 13.8. The Labute approximate surface area is 263 Å². The minimum atomic E-state index is -0.602. The zero-order chi connectivity index (χ0) is 31.6. The van der Waals surface area contributed by atoms with Crippen LogP contribution in [0.25, 0.3) is 0 Å². The molecule has 0 saturated heterocycles. The number of nitrogens with one attached hydrogen (secondary N) is 1. The molecular formula is C34H39ClN4O5. The molecule has 0 aliphatic heterocycles. The van der Waals surface area contributed by atoms with Gasteiger partial charge in [0.25, 0.3) is 0 Å². The number of ether oxygens (including phenoxy) is 2. The molecule has 1 amide bonds. The van der Waals surface area contributed by atoms with Gasteiger partial charge in [0.2, 0.25) is 5.91 Å². The summed E-state index contributed by atoms with van der Waals surface area (Å²) in [4.78, 5) is 42.8. The van der Waals surface area contributed by atoms with E-state index >= 15 is 0 Å². The number of benzene rings is 2. The third-order valence-corrected chi connectivity index (χ3v) is 7.85. The Hall–Kier alpha value is -4.37. The molecule has 4 rings (SSSR count). The highest BCUT2D eigenvalue weighted by Crippen LogP contribution is 2.25. The number of rotatable bonds is 14. The smallest absolute Gasteiger partial charge is 0.339 e. The number of amides is 1. The van der Waals surface area contributed by atoms with Gasteiger partial charge in [-0.1, -0.05) is 67.4 Å². The predicted octanol–water partition coefficient (Wildman–Crippen LogP) is 6.35. The van der Waals surface area contributed by atoms with E-state index in [1.54, 1.807) is 19.2 Å². The molecule has 0 radical (unpaired) electrons. The van der Waals surface area contributed by atoms with E-state index in [2.05, 4.69) is 17.2 Å². The van der Waals surface area contributed by atoms with Crippen LogP contribution in [0, 0.1) is 6.92 Å². The number of methoxy groups -OCH3 is 1. The van der Waals surface area contributed by atoms with Crippen molar-refractivity contribution in [2.45, 2.75) is 65.5 Å². The summed E-state index contributed by atoms with van der Waals surface area (Å²) in [7, 11) is 1.35. The zero-order valence-corrected chi connectivity index (χ0v) is 26.4. The Kier molecular flexibility index (Phi) is 11.4. The second-order valence-electron chi connectivity index (χ2n) is 10.5. The maximum Gasteiger partial charge on any atom is 0.339 e. The molecule has 9 nitrogen and oxygen atoms in total. The number of anilines is 1. The number of aryl methyl sites for hydroxylation is 1. The van der Waals surface area contributed by atoms with Crippen LogP contribution >= 0.6 is 11.6 Å². The number of nitrogens with zero attached hydrogens (tertiary/aromatic N) is 3. The zero-order valence-electron chi connectivity index (χ0n) is 25.6. The molecule has 2 heterocycles. The van der Waals surface area contributed by atoms with E-state index in [1.807, 2.05) is 70.7 Å². The van der Waals surface area contributed by atoms with E-state index in [-0.39, 0.29) is 24.9 Å². The molecule has 10 heteroatoms. The van der Waals surface area contributed by atoms with Gasteiger partial charge in [0.05, 0.1) is 31.4 Å². The van der Waals surface area contributed by atoms with E-state index < -0.39 is 12.0 Å². The molecule has 0 aliphatic rings. The number of aromatic nitrogens is 3. The molecule has 0 unspecified atom stereocenters. The molecule has 2 aromatic carbocycles. The van der Waals surface area contributed by atoms with Crippen molar-refractivity contribution in [2.75, 3.05) is 19.0 Å². The standard InChI is InChI=1S/C34H39ClN4O5/c1-5-7-13-30-37-32(35)28(21-31(40)43-4)39(30)22-25-14-16-26(17-15-25)36-33(41)29(20-24-11-9-8-10-12-24)38-19-18-27(23(38)3)34(42)44-6-2/h8-12,14-19,29H,5-7,13,20-22H2,1-4H3,(H,36,41)/t29-/m0/s1. The summed E-state index contributed by atoms with van der Waals surface area (Å²) in [6.45, 7) is 6.43. The van der Waals surface area contributed by atoms with Crippen LogP contribution < -0.4 is 5.32 Å². The van der Waals surface area contributed by atoms with Crippen LogP contribution in [0.4, 0.5) is 5.69 Å². The van der Waals surface area contributed by atoms with Crippen molar-refractivity contribution in [3.8, 4) is 0 Å². The van der Waals surface area contributed by atoms with Crippen LogP contribution in [0.1, 0.15) is 71.4 Å². The van der Waals surface area contributed by atoms with Crippen molar-refractivity contribution in [1.82, 2.24) is 14.1 Å². The van der Waals surface area contributed by atoms with Crippen LogP contribution in [-0.4, -0.2) is 45.7 Å². The van der Waals surface area contributed by atoms with Crippen LogP contribution in [0.2, 0.25) is 5.15 Å². The lowest BCUT2D eigenvalue weighted by Gasteiger charge is -2.21. The number of imidazole rings is 1. The SMILES string of the molecule is CCCCc1nc(Cl)c(CC(=O)OC)n1Cc1ccc(NC(=O)[C@H](Cc2ccccc2)n2ccc(C(=O)OCC)c2C)cc1. The van der Waals surface area contributed by atoms with Gasteiger partial charge in [-0.05, 0) is 49.6 Å². The van der Waals surface area contributed by atoms with Crippen molar-refractivity contribution in [2.24, 2.45) is 0 Å². The lowest BCUT2D eigenvalue weighted by Crippen LogP contribution is -2.28. The number of halogens is 1.